The molecular formula is C25H21N3O2S. The van der Waals surface area contributed by atoms with Crippen LogP contribution in [0.4, 0.5) is 5.69 Å². The van der Waals surface area contributed by atoms with E-state index in [-0.39, 0.29) is 12.1 Å². The summed E-state index contributed by atoms with van der Waals surface area (Å²) in [5, 5.41) is 7.70. The van der Waals surface area contributed by atoms with Gasteiger partial charge < -0.3 is 15.4 Å². The van der Waals surface area contributed by atoms with Crippen LogP contribution < -0.4 is 15.4 Å². The van der Waals surface area contributed by atoms with Crippen LogP contribution >= 0.6 is 11.3 Å². The number of hydrogen-bond acceptors (Lipinski definition) is 5. The molecule has 31 heavy (non-hydrogen) atoms. The van der Waals surface area contributed by atoms with Crippen molar-refractivity contribution < 1.29 is 9.53 Å². The zero-order chi connectivity index (χ0) is 20.9. The Morgan fingerprint density at radius 1 is 1.03 bits per heavy atom. The number of thiophene rings is 1. The Balaban J connectivity index is 1.51. The second kappa shape index (κ2) is 7.10. The van der Waals surface area contributed by atoms with E-state index in [1.807, 2.05) is 30.3 Å². The predicted octanol–water partition coefficient (Wildman–Crippen LogP) is 5.70. The van der Waals surface area contributed by atoms with Crippen molar-refractivity contribution >= 4 is 33.1 Å². The minimum atomic E-state index is -0.310. The molecule has 1 atom stereocenters. The number of benzene rings is 2. The summed E-state index contributed by atoms with van der Waals surface area (Å²) in [4.78, 5) is 19.6. The SMILES string of the molecule is COc1ccc([C@@H]2NC(=O)c3sc4nc(C5CC5)cc(-c5ccccc5)c4c3N2)cc1. The quantitative estimate of drug-likeness (QED) is 0.438. The molecule has 1 fully saturated rings. The topological polar surface area (TPSA) is 63.2 Å². The average molecular weight is 428 g/mol. The molecule has 6 heteroatoms. The fourth-order valence-electron chi connectivity index (χ4n) is 4.19. The van der Waals surface area contributed by atoms with Crippen molar-refractivity contribution in [3.8, 4) is 16.9 Å². The van der Waals surface area contributed by atoms with E-state index in [2.05, 4.69) is 41.0 Å². The van der Waals surface area contributed by atoms with Crippen molar-refractivity contribution in [1.29, 1.82) is 0 Å². The van der Waals surface area contributed by atoms with Gasteiger partial charge in [-0.1, -0.05) is 42.5 Å². The molecule has 0 unspecified atom stereocenters. The second-order valence-corrected chi connectivity index (χ2v) is 9.04. The lowest BCUT2D eigenvalue weighted by Crippen LogP contribution is -2.37. The molecule has 154 valence electrons. The van der Waals surface area contributed by atoms with Crippen LogP contribution in [-0.2, 0) is 0 Å². The monoisotopic (exact) mass is 427 g/mol. The van der Waals surface area contributed by atoms with E-state index in [0.29, 0.717) is 10.8 Å². The van der Waals surface area contributed by atoms with Gasteiger partial charge in [0, 0.05) is 17.0 Å². The fourth-order valence-corrected chi connectivity index (χ4v) is 5.26. The van der Waals surface area contributed by atoms with Gasteiger partial charge in [0.05, 0.1) is 12.8 Å². The van der Waals surface area contributed by atoms with Gasteiger partial charge in [-0.3, -0.25) is 4.79 Å². The number of carbonyl (C=O) groups is 1. The lowest BCUT2D eigenvalue weighted by molar-refractivity contribution is 0.0940. The molecule has 2 aromatic heterocycles. The van der Waals surface area contributed by atoms with Gasteiger partial charge in [-0.05, 0) is 47.7 Å². The molecular weight excluding hydrogens is 406 g/mol. The molecule has 0 spiro atoms. The summed E-state index contributed by atoms with van der Waals surface area (Å²) >= 11 is 1.47. The number of fused-ring (bicyclic) bond motifs is 3. The number of nitrogens with zero attached hydrogens (tertiary/aromatic N) is 1. The number of hydrogen-bond donors (Lipinski definition) is 2. The summed E-state index contributed by atoms with van der Waals surface area (Å²) in [6, 6.07) is 20.4. The minimum Gasteiger partial charge on any atom is -0.497 e. The number of ether oxygens (including phenoxy) is 1. The molecule has 0 radical (unpaired) electrons. The summed E-state index contributed by atoms with van der Waals surface area (Å²) in [5.41, 5.74) is 5.27. The third-order valence-electron chi connectivity index (χ3n) is 5.98. The molecule has 3 heterocycles. The van der Waals surface area contributed by atoms with Crippen molar-refractivity contribution in [3.05, 3.63) is 76.8 Å². The fraction of sp³-hybridized carbons (Fsp3) is 0.200. The molecule has 4 aromatic rings. The van der Waals surface area contributed by atoms with Gasteiger partial charge in [-0.25, -0.2) is 4.98 Å². The summed E-state index contributed by atoms with van der Waals surface area (Å²) in [7, 11) is 1.65. The molecule has 0 saturated heterocycles. The van der Waals surface area contributed by atoms with Gasteiger partial charge >= 0.3 is 0 Å². The van der Waals surface area contributed by atoms with E-state index in [0.717, 1.165) is 44.0 Å². The van der Waals surface area contributed by atoms with Crippen LogP contribution in [-0.4, -0.2) is 18.0 Å². The molecule has 1 saturated carbocycles. The van der Waals surface area contributed by atoms with Crippen LogP contribution in [0.25, 0.3) is 21.3 Å². The molecule has 2 aromatic carbocycles. The normalized spacial score (nSPS) is 17.7. The Morgan fingerprint density at radius 2 is 1.81 bits per heavy atom. The third kappa shape index (κ3) is 3.15. The van der Waals surface area contributed by atoms with Gasteiger partial charge in [0.15, 0.2) is 0 Å². The van der Waals surface area contributed by atoms with Crippen molar-refractivity contribution in [2.24, 2.45) is 0 Å². The van der Waals surface area contributed by atoms with E-state index in [1.165, 1.54) is 24.2 Å². The minimum absolute atomic E-state index is 0.0652. The van der Waals surface area contributed by atoms with Crippen molar-refractivity contribution in [1.82, 2.24) is 10.3 Å². The smallest absolute Gasteiger partial charge is 0.265 e. The highest BCUT2D eigenvalue weighted by Crippen LogP contribution is 2.47. The van der Waals surface area contributed by atoms with Gasteiger partial charge in [0.2, 0.25) is 0 Å². The van der Waals surface area contributed by atoms with Crippen molar-refractivity contribution in [2.75, 3.05) is 12.4 Å². The first-order chi connectivity index (χ1) is 15.2. The van der Waals surface area contributed by atoms with Gasteiger partial charge in [0.1, 0.15) is 21.6 Å². The van der Waals surface area contributed by atoms with Crippen LogP contribution in [0.1, 0.15) is 45.9 Å². The molecule has 2 N–H and O–H groups in total. The van der Waals surface area contributed by atoms with E-state index >= 15 is 0 Å². The molecule has 2 aliphatic rings. The number of pyridine rings is 1. The first-order valence-electron chi connectivity index (χ1n) is 10.5. The molecule has 6 rings (SSSR count). The predicted molar refractivity (Wildman–Crippen MR) is 124 cm³/mol. The molecule has 1 amide bonds. The summed E-state index contributed by atoms with van der Waals surface area (Å²) in [6.07, 6.45) is 2.07. The number of methoxy groups -OCH3 is 1. The Bertz CT molecular complexity index is 1290. The largest absolute Gasteiger partial charge is 0.497 e. The number of amides is 1. The lowest BCUT2D eigenvalue weighted by Gasteiger charge is -2.27. The van der Waals surface area contributed by atoms with Crippen molar-refractivity contribution in [3.63, 3.8) is 0 Å². The summed E-state index contributed by atoms with van der Waals surface area (Å²) < 4.78 is 5.27. The summed E-state index contributed by atoms with van der Waals surface area (Å²) in [5.74, 6) is 1.26. The summed E-state index contributed by atoms with van der Waals surface area (Å²) in [6.45, 7) is 0. The first kappa shape index (κ1) is 18.4. The van der Waals surface area contributed by atoms with E-state index in [1.54, 1.807) is 7.11 Å². The molecule has 1 aliphatic carbocycles. The third-order valence-corrected chi connectivity index (χ3v) is 7.06. The Labute approximate surface area is 184 Å². The highest BCUT2D eigenvalue weighted by molar-refractivity contribution is 7.21. The Kier molecular flexibility index (Phi) is 4.21. The maximum Gasteiger partial charge on any atom is 0.265 e. The highest BCUT2D eigenvalue weighted by Gasteiger charge is 2.32. The molecule has 1 aliphatic heterocycles. The van der Waals surface area contributed by atoms with Gasteiger partial charge in [-0.15, -0.1) is 11.3 Å². The molecule has 0 bridgehead atoms. The van der Waals surface area contributed by atoms with Crippen molar-refractivity contribution in [2.45, 2.75) is 24.9 Å². The first-order valence-corrected chi connectivity index (χ1v) is 11.3. The van der Waals surface area contributed by atoms with Gasteiger partial charge in [-0.2, -0.15) is 0 Å². The zero-order valence-corrected chi connectivity index (χ0v) is 17.8. The Morgan fingerprint density at radius 3 is 2.52 bits per heavy atom. The van der Waals surface area contributed by atoms with Crippen LogP contribution in [0.2, 0.25) is 0 Å². The van der Waals surface area contributed by atoms with E-state index < -0.39 is 0 Å². The standard InChI is InChI=1S/C25H21N3O2S/c1-30-17-11-9-16(10-12-17)23-27-21-20-18(14-5-3-2-4-6-14)13-19(15-7-8-15)26-25(20)31-22(21)24(29)28-23/h2-6,9-13,15,23,27H,7-8H2,1H3,(H,28,29)/t23-/m0/s1. The highest BCUT2D eigenvalue weighted by atomic mass is 32.1. The number of rotatable bonds is 4. The van der Waals surface area contributed by atoms with Crippen LogP contribution in [0, 0.1) is 0 Å². The number of nitrogens with one attached hydrogen (secondary N) is 2. The number of carbonyl (C=O) groups excluding carboxylic acids is 1. The Hall–Kier alpha value is -3.38. The lowest BCUT2D eigenvalue weighted by atomic mass is 9.99. The van der Waals surface area contributed by atoms with Crippen LogP contribution in [0.3, 0.4) is 0 Å². The van der Waals surface area contributed by atoms with Crippen LogP contribution in [0.15, 0.2) is 60.7 Å². The maximum absolute atomic E-state index is 13.0. The number of anilines is 1. The van der Waals surface area contributed by atoms with E-state index in [9.17, 15) is 4.79 Å². The zero-order valence-electron chi connectivity index (χ0n) is 17.0. The molecule has 5 nitrogen and oxygen atoms in total. The maximum atomic E-state index is 13.0. The van der Waals surface area contributed by atoms with Gasteiger partial charge in [0.25, 0.3) is 5.91 Å². The van der Waals surface area contributed by atoms with Crippen LogP contribution in [0.5, 0.6) is 5.75 Å². The average Bonchev–Trinajstić information content (AvgIpc) is 3.60. The second-order valence-electron chi connectivity index (χ2n) is 8.05. The van der Waals surface area contributed by atoms with E-state index in [4.69, 9.17) is 9.72 Å². The number of aromatic nitrogens is 1.